The molecule has 0 aliphatic carbocycles. The number of nitrogens with one attached hydrogen (secondary N) is 2. The summed E-state index contributed by atoms with van der Waals surface area (Å²) in [7, 11) is 2.12. The minimum atomic E-state index is -4.32. The first-order chi connectivity index (χ1) is 17.8. The molecule has 2 aromatic heterocycles. The number of rotatable bonds is 8. The first-order valence-corrected chi connectivity index (χ1v) is 14.4. The number of alkyl halides is 3. The van der Waals surface area contributed by atoms with Gasteiger partial charge in [-0.3, -0.25) is 0 Å². The maximum absolute atomic E-state index is 13.7. The molecule has 4 nitrogen and oxygen atoms in total. The van der Waals surface area contributed by atoms with Crippen LogP contribution in [0.15, 0.2) is 65.6 Å². The highest BCUT2D eigenvalue weighted by Gasteiger charge is 2.31. The lowest BCUT2D eigenvalue weighted by atomic mass is 10.0. The van der Waals surface area contributed by atoms with E-state index in [0.717, 1.165) is 52.4 Å². The Balaban J connectivity index is 1.42. The summed E-state index contributed by atoms with van der Waals surface area (Å²) in [5.41, 5.74) is 3.13. The van der Waals surface area contributed by atoms with Crippen LogP contribution >= 0.6 is 23.1 Å². The van der Waals surface area contributed by atoms with Crippen LogP contribution in [0.2, 0.25) is 0 Å². The lowest BCUT2D eigenvalue weighted by Crippen LogP contribution is -2.36. The van der Waals surface area contributed by atoms with Gasteiger partial charge in [-0.25, -0.2) is 0 Å². The molecule has 3 heterocycles. The van der Waals surface area contributed by atoms with Gasteiger partial charge in [-0.1, -0.05) is 6.07 Å². The maximum Gasteiger partial charge on any atom is 0.406 e. The van der Waals surface area contributed by atoms with Crippen LogP contribution in [0.25, 0.3) is 21.5 Å². The highest BCUT2D eigenvalue weighted by molar-refractivity contribution is 7.98. The standard InChI is InChI=1S/C28H31F3N4S2/c1-34-14-12-20(13-15-34)33-24-4-3-5-25-23(24)16-26(35(25)18-28(29,30)31)27-11-10-22(37-27)17-32-19-6-8-21(36-2)9-7-19/h3-11,16,20,32-33H,12-15,17-18H2,1-2H3. The van der Waals surface area contributed by atoms with Gasteiger partial charge in [0.05, 0.1) is 16.1 Å². The van der Waals surface area contributed by atoms with Crippen molar-refractivity contribution in [2.75, 3.05) is 37.0 Å². The molecule has 1 fully saturated rings. The van der Waals surface area contributed by atoms with Gasteiger partial charge < -0.3 is 20.1 Å². The number of benzene rings is 2. The second-order valence-electron chi connectivity index (χ2n) is 9.54. The lowest BCUT2D eigenvalue weighted by molar-refractivity contribution is -0.139. The highest BCUT2D eigenvalue weighted by atomic mass is 32.2. The maximum atomic E-state index is 13.7. The van der Waals surface area contributed by atoms with Gasteiger partial charge in [0.15, 0.2) is 0 Å². The topological polar surface area (TPSA) is 32.2 Å². The number of aromatic nitrogens is 1. The van der Waals surface area contributed by atoms with E-state index in [0.29, 0.717) is 23.8 Å². The number of nitrogens with zero attached hydrogens (tertiary/aromatic N) is 2. The number of hydrogen-bond donors (Lipinski definition) is 2. The number of thiophene rings is 1. The van der Waals surface area contributed by atoms with E-state index in [-0.39, 0.29) is 0 Å². The first kappa shape index (κ1) is 26.0. The van der Waals surface area contributed by atoms with Gasteiger partial charge >= 0.3 is 6.18 Å². The molecular weight excluding hydrogens is 513 g/mol. The van der Waals surface area contributed by atoms with Crippen molar-refractivity contribution in [3.8, 4) is 10.6 Å². The Hall–Kier alpha value is -2.62. The van der Waals surface area contributed by atoms with Gasteiger partial charge in [0.25, 0.3) is 0 Å². The molecule has 37 heavy (non-hydrogen) atoms. The van der Waals surface area contributed by atoms with Crippen LogP contribution in [0.1, 0.15) is 17.7 Å². The van der Waals surface area contributed by atoms with Crippen molar-refractivity contribution in [2.45, 2.75) is 43.0 Å². The van der Waals surface area contributed by atoms with Gasteiger partial charge in [-0.15, -0.1) is 23.1 Å². The Morgan fingerprint density at radius 3 is 2.49 bits per heavy atom. The molecule has 0 spiro atoms. The summed E-state index contributed by atoms with van der Waals surface area (Å²) >= 11 is 3.23. The fraction of sp³-hybridized carbons (Fsp3) is 0.357. The van der Waals surface area contributed by atoms with Crippen LogP contribution in [0.3, 0.4) is 0 Å². The van der Waals surface area contributed by atoms with Gasteiger partial charge in [-0.05, 0) is 93.8 Å². The third-order valence-electron chi connectivity index (χ3n) is 6.83. The third-order valence-corrected chi connectivity index (χ3v) is 8.68. The summed E-state index contributed by atoms with van der Waals surface area (Å²) in [4.78, 5) is 5.41. The van der Waals surface area contributed by atoms with Crippen molar-refractivity contribution in [3.63, 3.8) is 0 Å². The van der Waals surface area contributed by atoms with Crippen LogP contribution in [-0.2, 0) is 13.1 Å². The molecular formula is C28H31F3N4S2. The number of likely N-dealkylation sites (tertiary alicyclic amines) is 1. The average molecular weight is 545 g/mol. The molecule has 2 N–H and O–H groups in total. The van der Waals surface area contributed by atoms with Gasteiger partial charge in [0.2, 0.25) is 0 Å². The van der Waals surface area contributed by atoms with E-state index in [1.54, 1.807) is 17.8 Å². The van der Waals surface area contributed by atoms with Crippen LogP contribution < -0.4 is 10.6 Å². The van der Waals surface area contributed by atoms with Crippen molar-refractivity contribution in [2.24, 2.45) is 0 Å². The summed E-state index contributed by atoms with van der Waals surface area (Å²) in [6.07, 6.45) is -0.237. The van der Waals surface area contributed by atoms with Crippen molar-refractivity contribution in [3.05, 3.63) is 65.5 Å². The second kappa shape index (κ2) is 11.0. The quantitative estimate of drug-likeness (QED) is 0.222. The number of piperidine rings is 1. The minimum Gasteiger partial charge on any atom is -0.382 e. The minimum absolute atomic E-state index is 0.320. The molecule has 0 unspecified atom stereocenters. The van der Waals surface area contributed by atoms with Crippen LogP contribution in [0.4, 0.5) is 24.5 Å². The zero-order valence-electron chi connectivity index (χ0n) is 20.9. The Morgan fingerprint density at radius 1 is 1.03 bits per heavy atom. The summed E-state index contributed by atoms with van der Waals surface area (Å²) < 4.78 is 42.4. The molecule has 2 aromatic carbocycles. The highest BCUT2D eigenvalue weighted by Crippen LogP contribution is 2.38. The fourth-order valence-electron chi connectivity index (χ4n) is 4.85. The average Bonchev–Trinajstić information content (AvgIpc) is 3.49. The Morgan fingerprint density at radius 2 is 1.78 bits per heavy atom. The van der Waals surface area contributed by atoms with Gasteiger partial charge in [0.1, 0.15) is 6.54 Å². The normalized spacial score (nSPS) is 15.4. The second-order valence-corrected chi connectivity index (χ2v) is 11.6. The van der Waals surface area contributed by atoms with E-state index in [1.807, 2.05) is 48.7 Å². The van der Waals surface area contributed by atoms with E-state index in [9.17, 15) is 13.2 Å². The summed E-state index contributed by atoms with van der Waals surface area (Å²) in [6.45, 7) is 1.63. The molecule has 0 atom stereocenters. The predicted octanol–water partition coefficient (Wildman–Crippen LogP) is 7.77. The molecule has 0 saturated carbocycles. The first-order valence-electron chi connectivity index (χ1n) is 12.4. The Labute approximate surface area is 223 Å². The van der Waals surface area contributed by atoms with Crippen molar-refractivity contribution in [1.29, 1.82) is 0 Å². The summed E-state index contributed by atoms with van der Waals surface area (Å²) in [5.74, 6) is 0. The summed E-state index contributed by atoms with van der Waals surface area (Å²) in [5, 5.41) is 7.87. The summed E-state index contributed by atoms with van der Waals surface area (Å²) in [6, 6.07) is 20.0. The van der Waals surface area contributed by atoms with Gasteiger partial charge in [0, 0.05) is 39.1 Å². The Kier molecular flexibility index (Phi) is 7.74. The van der Waals surface area contributed by atoms with E-state index in [1.165, 1.54) is 20.8 Å². The molecule has 196 valence electrons. The van der Waals surface area contributed by atoms with Gasteiger partial charge in [-0.2, -0.15) is 13.2 Å². The molecule has 0 bridgehead atoms. The Bertz CT molecular complexity index is 1340. The molecule has 0 radical (unpaired) electrons. The SMILES string of the molecule is CSc1ccc(NCc2ccc(-c3cc4c(NC5CCN(C)CC5)cccc4n3CC(F)(F)F)s2)cc1. The molecule has 1 aliphatic heterocycles. The predicted molar refractivity (Wildman–Crippen MR) is 151 cm³/mol. The smallest absolute Gasteiger partial charge is 0.382 e. The van der Waals surface area contributed by atoms with Crippen LogP contribution in [0.5, 0.6) is 0 Å². The number of anilines is 2. The van der Waals surface area contributed by atoms with Crippen molar-refractivity contribution < 1.29 is 13.2 Å². The van der Waals surface area contributed by atoms with Crippen molar-refractivity contribution >= 4 is 45.4 Å². The molecule has 0 amide bonds. The van der Waals surface area contributed by atoms with Crippen LogP contribution in [0, 0.1) is 0 Å². The van der Waals surface area contributed by atoms with Crippen LogP contribution in [-0.4, -0.2) is 48.1 Å². The third kappa shape index (κ3) is 6.27. The zero-order valence-corrected chi connectivity index (χ0v) is 22.6. The van der Waals surface area contributed by atoms with E-state index < -0.39 is 12.7 Å². The largest absolute Gasteiger partial charge is 0.406 e. The molecule has 1 saturated heterocycles. The number of thioether (sulfide) groups is 1. The monoisotopic (exact) mass is 544 g/mol. The lowest BCUT2D eigenvalue weighted by Gasteiger charge is -2.30. The zero-order chi connectivity index (χ0) is 26.0. The van der Waals surface area contributed by atoms with E-state index in [4.69, 9.17) is 0 Å². The van der Waals surface area contributed by atoms with Crippen molar-refractivity contribution in [1.82, 2.24) is 9.47 Å². The molecule has 5 rings (SSSR count). The molecule has 1 aliphatic rings. The fourth-order valence-corrected chi connectivity index (χ4v) is 6.23. The molecule has 9 heteroatoms. The van der Waals surface area contributed by atoms with E-state index in [2.05, 4.69) is 34.7 Å². The van der Waals surface area contributed by atoms with E-state index >= 15 is 0 Å². The molecule has 4 aromatic rings. The number of hydrogen-bond acceptors (Lipinski definition) is 5. The number of fused-ring (bicyclic) bond motifs is 1. The number of halogens is 3.